The van der Waals surface area contributed by atoms with Crippen LogP contribution in [-0.2, 0) is 16.6 Å². The molecular formula is C25H31N7O3. The van der Waals surface area contributed by atoms with Crippen LogP contribution in [0, 0.1) is 0 Å². The number of hydrogen-bond donors (Lipinski definition) is 0. The first-order valence-corrected chi connectivity index (χ1v) is 12.7. The molecule has 4 heterocycles. The first-order valence-electron chi connectivity index (χ1n) is 12.7. The molecule has 3 atom stereocenters. The van der Waals surface area contributed by atoms with Gasteiger partial charge in [-0.05, 0) is 65.5 Å². The Balaban J connectivity index is 1.40. The van der Waals surface area contributed by atoms with Gasteiger partial charge in [0.05, 0.1) is 17.8 Å². The topological polar surface area (TPSA) is 112 Å². The highest BCUT2D eigenvalue weighted by molar-refractivity contribution is 5.91. The molecular weight excluding hydrogens is 446 g/mol. The molecule has 0 N–H and O–H groups in total. The van der Waals surface area contributed by atoms with Gasteiger partial charge < -0.3 is 9.26 Å². The van der Waals surface area contributed by atoms with Crippen molar-refractivity contribution in [3.05, 3.63) is 29.7 Å². The molecule has 2 fully saturated rings. The van der Waals surface area contributed by atoms with Crippen molar-refractivity contribution in [2.45, 2.75) is 82.3 Å². The monoisotopic (exact) mass is 477 g/mol. The fourth-order valence-electron chi connectivity index (χ4n) is 6.19. The zero-order chi connectivity index (χ0) is 24.0. The number of carbonyl (C=O) groups is 1. The van der Waals surface area contributed by atoms with Crippen molar-refractivity contribution in [2.75, 3.05) is 13.6 Å². The number of fused-ring (bicyclic) bond motifs is 2. The second-order valence-electron chi connectivity index (χ2n) is 10.1. The number of ether oxygens (including phenoxy) is 1. The van der Waals surface area contributed by atoms with E-state index in [0.717, 1.165) is 69.2 Å². The molecule has 6 rings (SSSR count). The average molecular weight is 478 g/mol. The fraction of sp³-hybridized carbons (Fsp3) is 0.600. The molecule has 3 aliphatic rings. The first-order chi connectivity index (χ1) is 17.0. The zero-order valence-electron chi connectivity index (χ0n) is 20.3. The summed E-state index contributed by atoms with van der Waals surface area (Å²) in [5.74, 6) is 2.13. The molecule has 0 amide bonds. The van der Waals surface area contributed by atoms with Crippen LogP contribution < -0.4 is 4.74 Å². The van der Waals surface area contributed by atoms with Gasteiger partial charge in [-0.3, -0.25) is 9.69 Å². The quantitative estimate of drug-likeness (QED) is 0.546. The Kier molecular flexibility index (Phi) is 5.63. The second kappa shape index (κ2) is 8.82. The standard InChI is InChI=1S/C25H31N7O3/c1-16(18-8-6-14-31(18)2)34-21-15-20(32-26-12-13-27-32)28-24(29-21)22-17-7-5-11-25(23(17)30-35-22)10-4-3-9-19(25)33/h12-13,15-16,18H,3-11,14H2,1-2H3/t16-,18-,25+/m0/s1. The lowest BCUT2D eigenvalue weighted by Crippen LogP contribution is -2.41. The Morgan fingerprint density at radius 1 is 1.11 bits per heavy atom. The van der Waals surface area contributed by atoms with Gasteiger partial charge in [-0.2, -0.15) is 15.2 Å². The van der Waals surface area contributed by atoms with Crippen LogP contribution in [0.1, 0.15) is 69.5 Å². The Hall–Kier alpha value is -3.14. The van der Waals surface area contributed by atoms with E-state index in [4.69, 9.17) is 19.2 Å². The summed E-state index contributed by atoms with van der Waals surface area (Å²) in [6.45, 7) is 3.15. The van der Waals surface area contributed by atoms with Crippen LogP contribution in [0.3, 0.4) is 0 Å². The maximum atomic E-state index is 13.1. The van der Waals surface area contributed by atoms with E-state index in [1.807, 2.05) is 0 Å². The van der Waals surface area contributed by atoms with Gasteiger partial charge in [0.2, 0.25) is 17.5 Å². The molecule has 0 aromatic carbocycles. The summed E-state index contributed by atoms with van der Waals surface area (Å²) in [7, 11) is 2.13. The van der Waals surface area contributed by atoms with Crippen molar-refractivity contribution in [3.8, 4) is 23.3 Å². The number of carbonyl (C=O) groups excluding carboxylic acids is 1. The molecule has 2 aliphatic carbocycles. The highest BCUT2D eigenvalue weighted by Crippen LogP contribution is 2.47. The number of likely N-dealkylation sites (N-methyl/N-ethyl adjacent to an activating group) is 1. The van der Waals surface area contributed by atoms with Gasteiger partial charge in [-0.1, -0.05) is 11.6 Å². The Morgan fingerprint density at radius 2 is 1.94 bits per heavy atom. The third-order valence-corrected chi connectivity index (χ3v) is 8.00. The lowest BCUT2D eigenvalue weighted by atomic mass is 9.64. The van der Waals surface area contributed by atoms with Crippen molar-refractivity contribution >= 4 is 5.78 Å². The molecule has 0 bridgehead atoms. The summed E-state index contributed by atoms with van der Waals surface area (Å²) in [5.41, 5.74) is 1.22. The number of Topliss-reactive ketones (excluding diaryl/α,β-unsaturated/α-hetero) is 1. The van der Waals surface area contributed by atoms with Crippen LogP contribution in [0.2, 0.25) is 0 Å². The maximum absolute atomic E-state index is 13.1. The van der Waals surface area contributed by atoms with Crippen LogP contribution in [0.4, 0.5) is 0 Å². The Bertz CT molecular complexity index is 1220. The van der Waals surface area contributed by atoms with E-state index in [-0.39, 0.29) is 6.10 Å². The Labute approximate surface area is 204 Å². The van der Waals surface area contributed by atoms with Gasteiger partial charge in [0.25, 0.3) is 0 Å². The minimum absolute atomic E-state index is 0.0459. The van der Waals surface area contributed by atoms with E-state index in [1.54, 1.807) is 18.5 Å². The average Bonchev–Trinajstić information content (AvgIpc) is 3.62. The second-order valence-corrected chi connectivity index (χ2v) is 10.1. The SMILES string of the molecule is C[C@H](Oc1cc(-n2nccn2)nc(-c2onc3c2CCC[C@@]32CCCCC2=O)n1)[C@@H]1CCCN1C. The van der Waals surface area contributed by atoms with Crippen molar-refractivity contribution < 1.29 is 14.1 Å². The molecule has 1 spiro atoms. The van der Waals surface area contributed by atoms with Gasteiger partial charge >= 0.3 is 0 Å². The van der Waals surface area contributed by atoms with E-state index in [2.05, 4.69) is 34.2 Å². The predicted molar refractivity (Wildman–Crippen MR) is 126 cm³/mol. The number of ketones is 1. The molecule has 0 unspecified atom stereocenters. The summed E-state index contributed by atoms with van der Waals surface area (Å²) in [4.78, 5) is 26.3. The smallest absolute Gasteiger partial charge is 0.219 e. The van der Waals surface area contributed by atoms with Gasteiger partial charge in [0, 0.05) is 24.1 Å². The van der Waals surface area contributed by atoms with E-state index >= 15 is 0 Å². The van der Waals surface area contributed by atoms with Crippen LogP contribution >= 0.6 is 0 Å². The largest absolute Gasteiger partial charge is 0.473 e. The molecule has 1 aliphatic heterocycles. The third kappa shape index (κ3) is 3.84. The van der Waals surface area contributed by atoms with E-state index in [0.29, 0.717) is 41.5 Å². The third-order valence-electron chi connectivity index (χ3n) is 8.00. The minimum atomic E-state index is -0.518. The molecule has 10 nitrogen and oxygen atoms in total. The number of aromatic nitrogens is 6. The molecule has 1 saturated heterocycles. The highest BCUT2D eigenvalue weighted by atomic mass is 16.5. The van der Waals surface area contributed by atoms with Crippen LogP contribution in [-0.4, -0.2) is 66.5 Å². The first kappa shape index (κ1) is 22.3. The predicted octanol–water partition coefficient (Wildman–Crippen LogP) is 3.29. The van der Waals surface area contributed by atoms with Crippen LogP contribution in [0.5, 0.6) is 5.88 Å². The van der Waals surface area contributed by atoms with Gasteiger partial charge in [-0.15, -0.1) is 4.80 Å². The Morgan fingerprint density at radius 3 is 2.71 bits per heavy atom. The molecule has 35 heavy (non-hydrogen) atoms. The van der Waals surface area contributed by atoms with Crippen molar-refractivity contribution in [3.63, 3.8) is 0 Å². The summed E-state index contributed by atoms with van der Waals surface area (Å²) in [6, 6.07) is 2.08. The normalized spacial score (nSPS) is 25.7. The number of nitrogens with zero attached hydrogens (tertiary/aromatic N) is 7. The number of rotatable bonds is 5. The number of hydrogen-bond acceptors (Lipinski definition) is 9. The van der Waals surface area contributed by atoms with Crippen molar-refractivity contribution in [2.24, 2.45) is 0 Å². The van der Waals surface area contributed by atoms with Crippen molar-refractivity contribution in [1.29, 1.82) is 0 Å². The van der Waals surface area contributed by atoms with E-state index in [9.17, 15) is 4.79 Å². The highest BCUT2D eigenvalue weighted by Gasteiger charge is 2.48. The minimum Gasteiger partial charge on any atom is -0.473 e. The summed E-state index contributed by atoms with van der Waals surface area (Å²) in [6.07, 6.45) is 11.4. The summed E-state index contributed by atoms with van der Waals surface area (Å²) < 4.78 is 12.2. The lowest BCUT2D eigenvalue weighted by molar-refractivity contribution is -0.127. The molecule has 184 valence electrons. The van der Waals surface area contributed by atoms with Gasteiger partial charge in [0.15, 0.2) is 5.82 Å². The molecule has 3 aromatic rings. The molecule has 0 radical (unpaired) electrons. The maximum Gasteiger partial charge on any atom is 0.219 e. The molecule has 10 heteroatoms. The van der Waals surface area contributed by atoms with Crippen LogP contribution in [0.15, 0.2) is 23.0 Å². The fourth-order valence-corrected chi connectivity index (χ4v) is 6.19. The summed E-state index contributed by atoms with van der Waals surface area (Å²) >= 11 is 0. The summed E-state index contributed by atoms with van der Waals surface area (Å²) in [5, 5.41) is 12.9. The lowest BCUT2D eigenvalue weighted by Gasteiger charge is -2.37. The van der Waals surface area contributed by atoms with Gasteiger partial charge in [-0.25, -0.2) is 4.98 Å². The van der Waals surface area contributed by atoms with Gasteiger partial charge in [0.1, 0.15) is 17.6 Å². The zero-order valence-corrected chi connectivity index (χ0v) is 20.3. The van der Waals surface area contributed by atoms with E-state index < -0.39 is 5.41 Å². The van der Waals surface area contributed by atoms with Crippen molar-refractivity contribution in [1.82, 2.24) is 35.0 Å². The molecule has 1 saturated carbocycles. The molecule has 3 aromatic heterocycles. The number of likely N-dealkylation sites (tertiary alicyclic amines) is 1. The van der Waals surface area contributed by atoms with Crippen LogP contribution in [0.25, 0.3) is 17.4 Å². The van der Waals surface area contributed by atoms with E-state index in [1.165, 1.54) is 4.80 Å².